The lowest BCUT2D eigenvalue weighted by Crippen LogP contribution is -2.41. The van der Waals surface area contributed by atoms with Crippen LogP contribution in [0.1, 0.15) is 37.3 Å². The third-order valence-corrected chi connectivity index (χ3v) is 4.28. The Labute approximate surface area is 124 Å². The van der Waals surface area contributed by atoms with Crippen molar-refractivity contribution in [3.8, 4) is 6.07 Å². The molecular formula is C14H18N2O4S. The number of carbonyl (C=O) groups is 1. The van der Waals surface area contributed by atoms with E-state index >= 15 is 0 Å². The van der Waals surface area contributed by atoms with Gasteiger partial charge in [-0.3, -0.25) is 4.79 Å². The van der Waals surface area contributed by atoms with Gasteiger partial charge in [-0.15, -0.1) is 0 Å². The van der Waals surface area contributed by atoms with Gasteiger partial charge in [0.05, 0.1) is 17.4 Å². The normalized spacial score (nSPS) is 12.6. The molecule has 0 fully saturated rings. The predicted molar refractivity (Wildman–Crippen MR) is 77.9 cm³/mol. The molecule has 114 valence electrons. The van der Waals surface area contributed by atoms with Crippen LogP contribution in [0, 0.1) is 11.3 Å². The molecule has 0 aliphatic heterocycles. The fourth-order valence-electron chi connectivity index (χ4n) is 1.86. The maximum atomic E-state index is 12.1. The lowest BCUT2D eigenvalue weighted by molar-refractivity contribution is -0.139. The van der Waals surface area contributed by atoms with Crippen molar-refractivity contribution in [2.24, 2.45) is 0 Å². The molecule has 6 nitrogen and oxygen atoms in total. The molecule has 1 unspecified atom stereocenters. The largest absolute Gasteiger partial charge is 0.480 e. The summed E-state index contributed by atoms with van der Waals surface area (Å²) in [5.41, 5.74) is 0.621. The highest BCUT2D eigenvalue weighted by atomic mass is 32.2. The van der Waals surface area contributed by atoms with Crippen LogP contribution in [-0.2, 0) is 20.6 Å². The summed E-state index contributed by atoms with van der Waals surface area (Å²) < 4.78 is 26.3. The van der Waals surface area contributed by atoms with E-state index in [-0.39, 0.29) is 12.0 Å². The topological polar surface area (TPSA) is 107 Å². The number of carboxylic acids is 1. The third kappa shape index (κ3) is 5.53. The Morgan fingerprint density at radius 2 is 2.10 bits per heavy atom. The van der Waals surface area contributed by atoms with Gasteiger partial charge >= 0.3 is 5.97 Å². The fraction of sp³-hybridized carbons (Fsp3) is 0.429. The summed E-state index contributed by atoms with van der Waals surface area (Å²) in [4.78, 5) is 11.1. The zero-order chi connectivity index (χ0) is 15.9. The number of unbranched alkanes of at least 4 members (excludes halogenated alkanes) is 1. The van der Waals surface area contributed by atoms with E-state index in [1.165, 1.54) is 6.07 Å². The zero-order valence-electron chi connectivity index (χ0n) is 11.7. The summed E-state index contributed by atoms with van der Waals surface area (Å²) in [6.07, 6.45) is 1.64. The Bertz CT molecular complexity index is 635. The van der Waals surface area contributed by atoms with Gasteiger partial charge in [0.2, 0.25) is 10.0 Å². The molecule has 0 spiro atoms. The molecule has 1 rings (SSSR count). The Morgan fingerprint density at radius 1 is 1.43 bits per heavy atom. The van der Waals surface area contributed by atoms with Crippen molar-refractivity contribution in [3.63, 3.8) is 0 Å². The SMILES string of the molecule is CCCCC(NS(=O)(=O)Cc1ccccc1C#N)C(=O)O. The summed E-state index contributed by atoms with van der Waals surface area (Å²) >= 11 is 0. The van der Waals surface area contributed by atoms with Crippen LogP contribution in [0.5, 0.6) is 0 Å². The smallest absolute Gasteiger partial charge is 0.321 e. The molecule has 0 amide bonds. The van der Waals surface area contributed by atoms with Crippen molar-refractivity contribution in [1.29, 1.82) is 5.26 Å². The van der Waals surface area contributed by atoms with Gasteiger partial charge in [0, 0.05) is 0 Å². The molecule has 7 heteroatoms. The second-order valence-corrected chi connectivity index (χ2v) is 6.43. The Kier molecular flexibility index (Phi) is 6.34. The standard InChI is InChI=1S/C14H18N2O4S/c1-2-3-8-13(14(17)18)16-21(19,20)10-12-7-5-4-6-11(12)9-15/h4-7,13,16H,2-3,8,10H2,1H3,(H,17,18). The highest BCUT2D eigenvalue weighted by Gasteiger charge is 2.24. The molecule has 0 bridgehead atoms. The number of nitrogens with zero attached hydrogens (tertiary/aromatic N) is 1. The highest BCUT2D eigenvalue weighted by Crippen LogP contribution is 2.12. The monoisotopic (exact) mass is 310 g/mol. The van der Waals surface area contributed by atoms with Gasteiger partial charge in [-0.2, -0.15) is 5.26 Å². The molecule has 1 aromatic carbocycles. The van der Waals surface area contributed by atoms with Crippen molar-refractivity contribution in [3.05, 3.63) is 35.4 Å². The van der Waals surface area contributed by atoms with Crippen LogP contribution in [0.2, 0.25) is 0 Å². The molecule has 2 N–H and O–H groups in total. The van der Waals surface area contributed by atoms with Gasteiger partial charge in [0.15, 0.2) is 0 Å². The number of sulfonamides is 1. The van der Waals surface area contributed by atoms with Crippen molar-refractivity contribution in [2.75, 3.05) is 0 Å². The summed E-state index contributed by atoms with van der Waals surface area (Å²) in [5.74, 6) is -1.60. The second kappa shape index (κ2) is 7.76. The fourth-order valence-corrected chi connectivity index (χ4v) is 3.26. The summed E-state index contributed by atoms with van der Waals surface area (Å²) in [6.45, 7) is 1.90. The highest BCUT2D eigenvalue weighted by molar-refractivity contribution is 7.88. The second-order valence-electron chi connectivity index (χ2n) is 4.68. The van der Waals surface area contributed by atoms with Gasteiger partial charge in [-0.05, 0) is 18.1 Å². The molecule has 1 atom stereocenters. The average molecular weight is 310 g/mol. The maximum absolute atomic E-state index is 12.1. The van der Waals surface area contributed by atoms with Crippen molar-refractivity contribution < 1.29 is 18.3 Å². The Hall–Kier alpha value is -1.91. The third-order valence-electron chi connectivity index (χ3n) is 2.95. The number of nitriles is 1. The zero-order valence-corrected chi connectivity index (χ0v) is 12.6. The number of hydrogen-bond acceptors (Lipinski definition) is 4. The first-order valence-corrected chi connectivity index (χ1v) is 8.25. The molecule has 0 aliphatic rings. The van der Waals surface area contributed by atoms with E-state index in [4.69, 9.17) is 10.4 Å². The molecular weight excluding hydrogens is 292 g/mol. The quantitative estimate of drug-likeness (QED) is 0.758. The van der Waals surface area contributed by atoms with Gasteiger partial charge in [0.25, 0.3) is 0 Å². The van der Waals surface area contributed by atoms with Crippen LogP contribution in [0.15, 0.2) is 24.3 Å². The maximum Gasteiger partial charge on any atom is 0.321 e. The van der Waals surface area contributed by atoms with Crippen LogP contribution >= 0.6 is 0 Å². The molecule has 1 aromatic rings. The summed E-state index contributed by atoms with van der Waals surface area (Å²) in [7, 11) is -3.82. The van der Waals surface area contributed by atoms with Crippen LogP contribution < -0.4 is 4.72 Å². The van der Waals surface area contributed by atoms with Crippen LogP contribution in [0.3, 0.4) is 0 Å². The first kappa shape index (κ1) is 17.1. The van der Waals surface area contributed by atoms with Crippen LogP contribution in [-0.4, -0.2) is 25.5 Å². The number of benzene rings is 1. The minimum atomic E-state index is -3.82. The van der Waals surface area contributed by atoms with Crippen molar-refractivity contribution in [2.45, 2.75) is 38.0 Å². The van der Waals surface area contributed by atoms with E-state index in [0.29, 0.717) is 12.0 Å². The molecule has 0 heterocycles. The summed E-state index contributed by atoms with van der Waals surface area (Å²) in [5, 5.41) is 18.0. The van der Waals surface area contributed by atoms with E-state index < -0.39 is 27.8 Å². The van der Waals surface area contributed by atoms with E-state index in [9.17, 15) is 13.2 Å². The van der Waals surface area contributed by atoms with E-state index in [1.54, 1.807) is 18.2 Å². The lowest BCUT2D eigenvalue weighted by atomic mass is 10.1. The van der Waals surface area contributed by atoms with Gasteiger partial charge in [-0.1, -0.05) is 38.0 Å². The van der Waals surface area contributed by atoms with Crippen molar-refractivity contribution >= 4 is 16.0 Å². The molecule has 21 heavy (non-hydrogen) atoms. The minimum Gasteiger partial charge on any atom is -0.480 e. The minimum absolute atomic E-state index is 0.241. The number of hydrogen-bond donors (Lipinski definition) is 2. The number of rotatable bonds is 8. The average Bonchev–Trinajstić information content (AvgIpc) is 2.43. The van der Waals surface area contributed by atoms with E-state index in [0.717, 1.165) is 6.42 Å². The number of nitrogens with one attached hydrogen (secondary N) is 1. The first-order chi connectivity index (χ1) is 9.89. The predicted octanol–water partition coefficient (Wildman–Crippen LogP) is 1.62. The Morgan fingerprint density at radius 3 is 2.67 bits per heavy atom. The summed E-state index contributed by atoms with van der Waals surface area (Å²) in [6, 6.07) is 7.13. The molecule has 0 aliphatic carbocycles. The first-order valence-electron chi connectivity index (χ1n) is 6.60. The van der Waals surface area contributed by atoms with E-state index in [2.05, 4.69) is 4.72 Å². The van der Waals surface area contributed by atoms with E-state index in [1.807, 2.05) is 13.0 Å². The molecule has 0 saturated carbocycles. The molecule has 0 radical (unpaired) electrons. The van der Waals surface area contributed by atoms with Gasteiger partial charge < -0.3 is 5.11 Å². The van der Waals surface area contributed by atoms with Gasteiger partial charge in [0.1, 0.15) is 6.04 Å². The molecule has 0 aromatic heterocycles. The number of aliphatic carboxylic acids is 1. The lowest BCUT2D eigenvalue weighted by Gasteiger charge is -2.14. The van der Waals surface area contributed by atoms with Crippen molar-refractivity contribution in [1.82, 2.24) is 4.72 Å². The van der Waals surface area contributed by atoms with Gasteiger partial charge in [-0.25, -0.2) is 13.1 Å². The van der Waals surface area contributed by atoms with Crippen LogP contribution in [0.25, 0.3) is 0 Å². The molecule has 0 saturated heterocycles. The number of carboxylic acid groups (broad SMARTS) is 1. The Balaban J connectivity index is 2.86. The van der Waals surface area contributed by atoms with Crippen LogP contribution in [0.4, 0.5) is 0 Å².